The van der Waals surface area contributed by atoms with E-state index in [1.165, 1.54) is 18.4 Å². The Morgan fingerprint density at radius 1 is 0.929 bits per heavy atom. The number of likely N-dealkylation sites (tertiary alicyclic amines) is 1. The third-order valence-corrected chi connectivity index (χ3v) is 5.66. The van der Waals surface area contributed by atoms with E-state index < -0.39 is 0 Å². The summed E-state index contributed by atoms with van der Waals surface area (Å²) >= 11 is 1.73. The van der Waals surface area contributed by atoms with E-state index >= 15 is 0 Å². The molecule has 152 valence electrons. The molecular weight excluding hydrogens is 368 g/mol. The van der Waals surface area contributed by atoms with Gasteiger partial charge in [-0.2, -0.15) is 0 Å². The number of hydrogen-bond donors (Lipinski definition) is 1. The molecule has 1 aliphatic heterocycles. The molecule has 0 amide bonds. The van der Waals surface area contributed by atoms with E-state index in [1.807, 2.05) is 24.3 Å². The minimum absolute atomic E-state index is 0.660. The largest absolute Gasteiger partial charge is 0.494 e. The zero-order chi connectivity index (χ0) is 19.4. The molecule has 1 fully saturated rings. The third-order valence-electron chi connectivity index (χ3n) is 5.09. The van der Waals surface area contributed by atoms with Gasteiger partial charge in [0.1, 0.15) is 18.1 Å². The van der Waals surface area contributed by atoms with E-state index in [2.05, 4.69) is 46.2 Å². The monoisotopic (exact) mass is 400 g/mol. The molecule has 0 spiro atoms. The first kappa shape index (κ1) is 21.0. The van der Waals surface area contributed by atoms with Crippen molar-refractivity contribution in [2.75, 3.05) is 39.1 Å². The Morgan fingerprint density at radius 2 is 1.57 bits per heavy atom. The molecule has 4 nitrogen and oxygen atoms in total. The first-order valence-corrected chi connectivity index (χ1v) is 11.5. The van der Waals surface area contributed by atoms with Gasteiger partial charge in [0, 0.05) is 12.6 Å². The summed E-state index contributed by atoms with van der Waals surface area (Å²) in [6.07, 6.45) is 6.60. The number of hydrogen-bond acceptors (Lipinski definition) is 5. The lowest BCUT2D eigenvalue weighted by Crippen LogP contribution is -2.41. The van der Waals surface area contributed by atoms with Crippen LogP contribution in [0.15, 0.2) is 54.6 Å². The van der Waals surface area contributed by atoms with E-state index in [0.29, 0.717) is 6.04 Å². The summed E-state index contributed by atoms with van der Waals surface area (Å²) in [7, 11) is 0. The summed E-state index contributed by atoms with van der Waals surface area (Å²) in [6, 6.07) is 19.2. The van der Waals surface area contributed by atoms with Crippen LogP contribution < -0.4 is 14.2 Å². The predicted molar refractivity (Wildman–Crippen MR) is 118 cm³/mol. The molecule has 1 aliphatic rings. The van der Waals surface area contributed by atoms with Gasteiger partial charge >= 0.3 is 0 Å². The van der Waals surface area contributed by atoms with Gasteiger partial charge in [-0.05, 0) is 74.9 Å². The molecule has 0 unspecified atom stereocenters. The second-order valence-electron chi connectivity index (χ2n) is 7.20. The Labute approximate surface area is 173 Å². The Morgan fingerprint density at radius 3 is 2.21 bits per heavy atom. The highest BCUT2D eigenvalue weighted by Gasteiger charge is 2.18. The number of piperidine rings is 1. The number of benzene rings is 2. The Hall–Kier alpha value is -1.69. The Balaban J connectivity index is 1.28. The molecule has 1 heterocycles. The molecule has 0 aromatic heterocycles. The minimum Gasteiger partial charge on any atom is -0.494 e. The van der Waals surface area contributed by atoms with Gasteiger partial charge in [-0.1, -0.05) is 42.3 Å². The fraction of sp³-hybridized carbons (Fsp3) is 0.478. The summed E-state index contributed by atoms with van der Waals surface area (Å²) in [5.41, 5.74) is 1.36. The van der Waals surface area contributed by atoms with Gasteiger partial charge in [-0.15, -0.1) is 0 Å². The number of ether oxygens (including phenoxy) is 2. The topological polar surface area (TPSA) is 33.7 Å². The van der Waals surface area contributed by atoms with Crippen molar-refractivity contribution in [3.05, 3.63) is 60.2 Å². The molecule has 0 atom stereocenters. The van der Waals surface area contributed by atoms with Gasteiger partial charge in [0.2, 0.25) is 0 Å². The number of aryl methyl sites for hydroxylation is 1. The first-order chi connectivity index (χ1) is 13.8. The summed E-state index contributed by atoms with van der Waals surface area (Å²) in [4.78, 5) is 2.49. The van der Waals surface area contributed by atoms with Crippen LogP contribution >= 0.6 is 11.9 Å². The van der Waals surface area contributed by atoms with Crippen molar-refractivity contribution < 1.29 is 9.47 Å². The van der Waals surface area contributed by atoms with Gasteiger partial charge in [0.25, 0.3) is 0 Å². The summed E-state index contributed by atoms with van der Waals surface area (Å²) < 4.78 is 15.2. The molecule has 2 aromatic carbocycles. The first-order valence-electron chi connectivity index (χ1n) is 10.2. The lowest BCUT2D eigenvalue weighted by Gasteiger charge is -2.31. The zero-order valence-electron chi connectivity index (χ0n) is 16.8. The molecule has 2 aromatic rings. The summed E-state index contributed by atoms with van der Waals surface area (Å²) in [5.74, 6) is 1.82. The fourth-order valence-corrected chi connectivity index (χ4v) is 4.05. The second kappa shape index (κ2) is 12.0. The normalized spacial score (nSPS) is 15.5. The second-order valence-corrected chi connectivity index (χ2v) is 7.84. The highest BCUT2D eigenvalue weighted by atomic mass is 32.2. The maximum absolute atomic E-state index is 5.90. The van der Waals surface area contributed by atoms with Crippen LogP contribution in [0.4, 0.5) is 0 Å². The van der Waals surface area contributed by atoms with Crippen molar-refractivity contribution in [3.8, 4) is 11.5 Å². The van der Waals surface area contributed by atoms with E-state index in [4.69, 9.17) is 9.47 Å². The SMILES string of the molecule is CSNC1CCN(CCOc2ccc(OCCCc3ccccc3)cc2)CC1. The van der Waals surface area contributed by atoms with Gasteiger partial charge in [-0.3, -0.25) is 9.62 Å². The van der Waals surface area contributed by atoms with Crippen LogP contribution in [0.25, 0.3) is 0 Å². The van der Waals surface area contributed by atoms with Crippen LogP contribution in [0.3, 0.4) is 0 Å². The predicted octanol–water partition coefficient (Wildman–Crippen LogP) is 4.41. The molecule has 5 heteroatoms. The van der Waals surface area contributed by atoms with Crippen molar-refractivity contribution in [2.24, 2.45) is 0 Å². The average molecular weight is 401 g/mol. The molecule has 1 N–H and O–H groups in total. The molecule has 28 heavy (non-hydrogen) atoms. The average Bonchev–Trinajstić information content (AvgIpc) is 2.74. The highest BCUT2D eigenvalue weighted by Crippen LogP contribution is 2.18. The number of nitrogens with zero attached hydrogens (tertiary/aromatic N) is 1. The smallest absolute Gasteiger partial charge is 0.119 e. The van der Waals surface area contributed by atoms with Crippen LogP contribution in [0.2, 0.25) is 0 Å². The molecule has 0 saturated carbocycles. The van der Waals surface area contributed by atoms with Crippen LogP contribution in [0, 0.1) is 0 Å². The fourth-order valence-electron chi connectivity index (χ4n) is 3.48. The van der Waals surface area contributed by atoms with Gasteiger partial charge in [-0.25, -0.2) is 0 Å². The van der Waals surface area contributed by atoms with Crippen molar-refractivity contribution >= 4 is 11.9 Å². The number of nitrogens with one attached hydrogen (secondary N) is 1. The highest BCUT2D eigenvalue weighted by molar-refractivity contribution is 7.96. The molecule has 0 radical (unpaired) electrons. The lowest BCUT2D eigenvalue weighted by molar-refractivity contribution is 0.171. The van der Waals surface area contributed by atoms with Crippen molar-refractivity contribution in [1.29, 1.82) is 0 Å². The van der Waals surface area contributed by atoms with Crippen LogP contribution in [0.1, 0.15) is 24.8 Å². The molecule has 3 rings (SSSR count). The molecular formula is C23H32N2O2S. The van der Waals surface area contributed by atoms with E-state index in [-0.39, 0.29) is 0 Å². The summed E-state index contributed by atoms with van der Waals surface area (Å²) in [6.45, 7) is 4.76. The molecule has 1 saturated heterocycles. The number of rotatable bonds is 11. The minimum atomic E-state index is 0.660. The Kier molecular flexibility index (Phi) is 9.01. The van der Waals surface area contributed by atoms with Crippen molar-refractivity contribution in [2.45, 2.75) is 31.7 Å². The van der Waals surface area contributed by atoms with E-state index in [9.17, 15) is 0 Å². The standard InChI is InChI=1S/C23H32N2O2S/c1-28-24-21-13-15-25(16-14-21)17-19-27-23-11-9-22(10-12-23)26-18-5-8-20-6-3-2-4-7-20/h2-4,6-7,9-12,21,24H,5,8,13-19H2,1H3. The van der Waals surface area contributed by atoms with Crippen LogP contribution in [-0.4, -0.2) is 50.0 Å². The van der Waals surface area contributed by atoms with Crippen molar-refractivity contribution in [1.82, 2.24) is 9.62 Å². The van der Waals surface area contributed by atoms with Crippen LogP contribution in [-0.2, 0) is 6.42 Å². The zero-order valence-corrected chi connectivity index (χ0v) is 17.6. The summed E-state index contributed by atoms with van der Waals surface area (Å²) in [5, 5.41) is 0. The Bertz CT molecular complexity index is 658. The van der Waals surface area contributed by atoms with E-state index in [1.54, 1.807) is 11.9 Å². The maximum Gasteiger partial charge on any atom is 0.119 e. The quantitative estimate of drug-likeness (QED) is 0.446. The maximum atomic E-state index is 5.90. The van der Waals surface area contributed by atoms with Crippen LogP contribution in [0.5, 0.6) is 11.5 Å². The van der Waals surface area contributed by atoms with Gasteiger partial charge < -0.3 is 9.47 Å². The van der Waals surface area contributed by atoms with E-state index in [0.717, 1.165) is 57.2 Å². The molecule has 0 aliphatic carbocycles. The van der Waals surface area contributed by atoms with Gasteiger partial charge in [0.05, 0.1) is 6.61 Å². The third kappa shape index (κ3) is 7.38. The van der Waals surface area contributed by atoms with Gasteiger partial charge in [0.15, 0.2) is 0 Å². The molecule has 0 bridgehead atoms. The van der Waals surface area contributed by atoms with Crippen molar-refractivity contribution in [3.63, 3.8) is 0 Å². The lowest BCUT2D eigenvalue weighted by atomic mass is 10.1.